The molecule has 3 aliphatic carbocycles. The molecule has 0 aliphatic heterocycles. The molecule has 0 heterocycles. The fraction of sp³-hybridized carbons (Fsp3) is 0.650. The van der Waals surface area contributed by atoms with Gasteiger partial charge < -0.3 is 15.8 Å². The van der Waals surface area contributed by atoms with Gasteiger partial charge in [-0.3, -0.25) is 4.79 Å². The summed E-state index contributed by atoms with van der Waals surface area (Å²) < 4.78 is 5.99. The molecule has 1 aromatic rings. The highest BCUT2D eigenvalue weighted by Gasteiger charge is 2.48. The molecule has 138 valence electrons. The van der Waals surface area contributed by atoms with Gasteiger partial charge in [-0.1, -0.05) is 12.1 Å². The zero-order valence-corrected chi connectivity index (χ0v) is 15.7. The summed E-state index contributed by atoms with van der Waals surface area (Å²) in [7, 11) is 0. The Morgan fingerprint density at radius 2 is 2.00 bits per heavy atom. The molecule has 1 amide bonds. The molecule has 0 radical (unpaired) electrons. The molecular weight excluding hydrogens is 336 g/mol. The van der Waals surface area contributed by atoms with Gasteiger partial charge in [0, 0.05) is 18.2 Å². The minimum absolute atomic E-state index is 0. The number of aryl methyl sites for hydroxylation is 1. The second-order valence-corrected chi connectivity index (χ2v) is 8.02. The standard InChI is InChI=1S/C20H28N2O2.ClH/c1-12-2-5-16(17(8-12)24-11-13-3-4-13)10-22-20(23)18-14-6-7-15(9-14)19(18)21;/h2,5,8,13-15,18-19H,3-4,6-7,9-11,21H2,1H3,(H,22,23);1H. The molecule has 25 heavy (non-hydrogen) atoms. The topological polar surface area (TPSA) is 64.4 Å². The van der Waals surface area contributed by atoms with Crippen LogP contribution in [0.4, 0.5) is 0 Å². The van der Waals surface area contributed by atoms with Crippen LogP contribution in [0, 0.1) is 30.6 Å². The normalized spacial score (nSPS) is 30.0. The second-order valence-electron chi connectivity index (χ2n) is 8.02. The first kappa shape index (κ1) is 18.5. The van der Waals surface area contributed by atoms with Crippen molar-refractivity contribution in [2.45, 2.75) is 51.6 Å². The number of hydrogen-bond donors (Lipinski definition) is 2. The quantitative estimate of drug-likeness (QED) is 0.814. The van der Waals surface area contributed by atoms with Crippen molar-refractivity contribution in [2.24, 2.45) is 29.4 Å². The van der Waals surface area contributed by atoms with Gasteiger partial charge in [0.25, 0.3) is 0 Å². The Morgan fingerprint density at radius 3 is 2.68 bits per heavy atom. The highest BCUT2D eigenvalue weighted by Crippen LogP contribution is 2.47. The third-order valence-corrected chi connectivity index (χ3v) is 6.13. The zero-order valence-electron chi connectivity index (χ0n) is 14.9. The van der Waals surface area contributed by atoms with E-state index >= 15 is 0 Å². The zero-order chi connectivity index (χ0) is 16.7. The predicted octanol–water partition coefficient (Wildman–Crippen LogP) is 3.20. The van der Waals surface area contributed by atoms with Gasteiger partial charge in [-0.15, -0.1) is 12.4 Å². The largest absolute Gasteiger partial charge is 0.493 e. The van der Waals surface area contributed by atoms with Crippen LogP contribution in [0.5, 0.6) is 5.75 Å². The van der Waals surface area contributed by atoms with Crippen LogP contribution in [0.2, 0.25) is 0 Å². The van der Waals surface area contributed by atoms with E-state index in [0.717, 1.165) is 36.7 Å². The lowest BCUT2D eigenvalue weighted by Crippen LogP contribution is -2.45. The summed E-state index contributed by atoms with van der Waals surface area (Å²) in [5, 5.41) is 3.12. The lowest BCUT2D eigenvalue weighted by molar-refractivity contribution is -0.127. The lowest BCUT2D eigenvalue weighted by Gasteiger charge is -2.27. The maximum atomic E-state index is 12.6. The minimum Gasteiger partial charge on any atom is -0.493 e. The van der Waals surface area contributed by atoms with E-state index in [2.05, 4.69) is 30.4 Å². The molecule has 0 saturated heterocycles. The van der Waals surface area contributed by atoms with Crippen molar-refractivity contribution in [1.82, 2.24) is 5.32 Å². The number of benzene rings is 1. The van der Waals surface area contributed by atoms with Crippen molar-refractivity contribution in [2.75, 3.05) is 6.61 Å². The molecule has 4 atom stereocenters. The Morgan fingerprint density at radius 1 is 1.24 bits per heavy atom. The highest BCUT2D eigenvalue weighted by atomic mass is 35.5. The van der Waals surface area contributed by atoms with Crippen molar-refractivity contribution in [1.29, 1.82) is 0 Å². The Bertz CT molecular complexity index is 630. The molecule has 3 saturated carbocycles. The van der Waals surface area contributed by atoms with Gasteiger partial charge in [-0.2, -0.15) is 0 Å². The minimum atomic E-state index is 0. The number of halogens is 1. The molecule has 4 rings (SSSR count). The lowest BCUT2D eigenvalue weighted by atomic mass is 9.84. The number of ether oxygens (including phenoxy) is 1. The van der Waals surface area contributed by atoms with Gasteiger partial charge >= 0.3 is 0 Å². The van der Waals surface area contributed by atoms with Crippen LogP contribution in [0.15, 0.2) is 18.2 Å². The fourth-order valence-corrected chi connectivity index (χ4v) is 4.46. The summed E-state index contributed by atoms with van der Waals surface area (Å²) in [6.45, 7) is 3.39. The average molecular weight is 365 g/mol. The third-order valence-electron chi connectivity index (χ3n) is 6.13. The molecule has 0 aromatic heterocycles. The van der Waals surface area contributed by atoms with Gasteiger partial charge in [0.15, 0.2) is 0 Å². The maximum Gasteiger partial charge on any atom is 0.225 e. The Labute approximate surface area is 156 Å². The van der Waals surface area contributed by atoms with E-state index in [4.69, 9.17) is 10.5 Å². The molecule has 3 N–H and O–H groups in total. The summed E-state index contributed by atoms with van der Waals surface area (Å²) in [5.74, 6) is 2.82. The van der Waals surface area contributed by atoms with Crippen LogP contribution >= 0.6 is 12.4 Å². The number of carbonyl (C=O) groups excluding carboxylic acids is 1. The molecular formula is C20H29ClN2O2. The van der Waals surface area contributed by atoms with E-state index in [9.17, 15) is 4.79 Å². The number of amides is 1. The van der Waals surface area contributed by atoms with E-state index in [1.807, 2.05) is 0 Å². The summed E-state index contributed by atoms with van der Waals surface area (Å²) >= 11 is 0. The fourth-order valence-electron chi connectivity index (χ4n) is 4.46. The molecule has 3 fully saturated rings. The van der Waals surface area contributed by atoms with Crippen LogP contribution in [-0.4, -0.2) is 18.6 Å². The molecule has 2 bridgehead atoms. The van der Waals surface area contributed by atoms with E-state index in [1.54, 1.807) is 0 Å². The highest BCUT2D eigenvalue weighted by molar-refractivity contribution is 5.85. The van der Waals surface area contributed by atoms with Crippen molar-refractivity contribution >= 4 is 18.3 Å². The number of nitrogens with one attached hydrogen (secondary N) is 1. The summed E-state index contributed by atoms with van der Waals surface area (Å²) in [6, 6.07) is 6.27. The van der Waals surface area contributed by atoms with Gasteiger partial charge in [-0.05, 0) is 68.4 Å². The van der Waals surface area contributed by atoms with Crippen molar-refractivity contribution in [3.63, 3.8) is 0 Å². The Hall–Kier alpha value is -1.26. The number of fused-ring (bicyclic) bond motifs is 2. The van der Waals surface area contributed by atoms with E-state index in [-0.39, 0.29) is 30.3 Å². The van der Waals surface area contributed by atoms with E-state index < -0.39 is 0 Å². The molecule has 0 spiro atoms. The maximum absolute atomic E-state index is 12.6. The summed E-state index contributed by atoms with van der Waals surface area (Å²) in [4.78, 5) is 12.6. The van der Waals surface area contributed by atoms with Crippen LogP contribution in [0.25, 0.3) is 0 Å². The number of carbonyl (C=O) groups is 1. The average Bonchev–Trinajstić information content (AvgIpc) is 3.19. The summed E-state index contributed by atoms with van der Waals surface area (Å²) in [6.07, 6.45) is 6.06. The Balaban J connectivity index is 0.00000182. The molecule has 4 nitrogen and oxygen atoms in total. The van der Waals surface area contributed by atoms with Crippen LogP contribution < -0.4 is 15.8 Å². The van der Waals surface area contributed by atoms with Crippen LogP contribution in [0.3, 0.4) is 0 Å². The van der Waals surface area contributed by atoms with Gasteiger partial charge in [-0.25, -0.2) is 0 Å². The number of rotatable bonds is 6. The van der Waals surface area contributed by atoms with Gasteiger partial charge in [0.2, 0.25) is 5.91 Å². The van der Waals surface area contributed by atoms with Crippen molar-refractivity contribution in [3.05, 3.63) is 29.3 Å². The smallest absolute Gasteiger partial charge is 0.225 e. The van der Waals surface area contributed by atoms with Crippen LogP contribution in [0.1, 0.15) is 43.2 Å². The third kappa shape index (κ3) is 3.95. The molecule has 3 aliphatic rings. The number of hydrogen-bond acceptors (Lipinski definition) is 3. The first-order valence-corrected chi connectivity index (χ1v) is 9.37. The molecule has 5 heteroatoms. The van der Waals surface area contributed by atoms with E-state index in [1.165, 1.54) is 24.8 Å². The predicted molar refractivity (Wildman–Crippen MR) is 101 cm³/mol. The van der Waals surface area contributed by atoms with Crippen molar-refractivity contribution < 1.29 is 9.53 Å². The van der Waals surface area contributed by atoms with Crippen LogP contribution in [-0.2, 0) is 11.3 Å². The van der Waals surface area contributed by atoms with E-state index in [0.29, 0.717) is 18.4 Å². The Kier molecular flexibility index (Phi) is 5.59. The molecule has 1 aromatic carbocycles. The first-order valence-electron chi connectivity index (χ1n) is 9.37. The van der Waals surface area contributed by atoms with Gasteiger partial charge in [0.1, 0.15) is 5.75 Å². The first-order chi connectivity index (χ1) is 11.6. The monoisotopic (exact) mass is 364 g/mol. The SMILES string of the molecule is Cc1ccc(CNC(=O)C2C3CCC(C3)C2N)c(OCC2CC2)c1.Cl. The second kappa shape index (κ2) is 7.55. The van der Waals surface area contributed by atoms with Gasteiger partial charge in [0.05, 0.1) is 12.5 Å². The number of nitrogens with two attached hydrogens (primary N) is 1. The molecule has 4 unspecified atom stereocenters. The van der Waals surface area contributed by atoms with Crippen molar-refractivity contribution in [3.8, 4) is 5.75 Å². The summed E-state index contributed by atoms with van der Waals surface area (Å²) in [5.41, 5.74) is 8.53.